The fourth-order valence-corrected chi connectivity index (χ4v) is 4.10. The van der Waals surface area contributed by atoms with Crippen LogP contribution >= 0.6 is 35.0 Å². The third kappa shape index (κ3) is 4.09. The van der Waals surface area contributed by atoms with Gasteiger partial charge in [-0.25, -0.2) is 0 Å². The maximum atomic E-state index is 6.26. The molecule has 128 valence electrons. The molecule has 6 heteroatoms. The molecule has 0 fully saturated rings. The molecule has 0 bridgehead atoms. The number of aromatic nitrogens is 3. The second-order valence-electron chi connectivity index (χ2n) is 5.56. The van der Waals surface area contributed by atoms with E-state index in [9.17, 15) is 0 Å². The Labute approximate surface area is 161 Å². The number of thioether (sulfide) groups is 1. The number of nitrogens with zero attached hydrogens (tertiary/aromatic N) is 3. The van der Waals surface area contributed by atoms with Crippen molar-refractivity contribution in [2.75, 3.05) is 0 Å². The number of allylic oxidation sites excluding steroid dienone is 1. The zero-order valence-electron chi connectivity index (χ0n) is 13.7. The molecule has 0 N–H and O–H groups in total. The number of benzene rings is 2. The van der Waals surface area contributed by atoms with Gasteiger partial charge in [0.1, 0.15) is 0 Å². The first-order valence-electron chi connectivity index (χ1n) is 7.77. The molecular weight excluding hydrogens is 373 g/mol. The van der Waals surface area contributed by atoms with Crippen LogP contribution < -0.4 is 0 Å². The normalized spacial score (nSPS) is 10.8. The van der Waals surface area contributed by atoms with Crippen LogP contribution in [0.5, 0.6) is 0 Å². The quantitative estimate of drug-likeness (QED) is 0.380. The van der Waals surface area contributed by atoms with E-state index in [4.69, 9.17) is 23.2 Å². The minimum Gasteiger partial charge on any atom is -0.298 e. The summed E-state index contributed by atoms with van der Waals surface area (Å²) in [7, 11) is 0. The van der Waals surface area contributed by atoms with Gasteiger partial charge in [0.05, 0.1) is 0 Å². The summed E-state index contributed by atoms with van der Waals surface area (Å²) in [5.41, 5.74) is 3.14. The fraction of sp³-hybridized carbons (Fsp3) is 0.158. The summed E-state index contributed by atoms with van der Waals surface area (Å²) in [6.45, 7) is 6.54. The second-order valence-corrected chi connectivity index (χ2v) is 7.32. The van der Waals surface area contributed by atoms with Crippen LogP contribution in [-0.2, 0) is 12.3 Å². The molecule has 1 heterocycles. The standard InChI is InChI=1S/C19H17Cl2N3S/c1-3-11-24-18(14-9-7-13(2)8-10-14)22-23-19(24)25-12-15-16(20)5-4-6-17(15)21/h3-10H,1,11-12H2,2H3. The van der Waals surface area contributed by atoms with Crippen LogP contribution in [0.25, 0.3) is 11.4 Å². The maximum absolute atomic E-state index is 6.26. The molecule has 0 aliphatic carbocycles. The predicted octanol–water partition coefficient (Wildman–Crippen LogP) is 6.04. The van der Waals surface area contributed by atoms with E-state index in [1.807, 2.05) is 28.8 Å². The van der Waals surface area contributed by atoms with Gasteiger partial charge in [0.2, 0.25) is 0 Å². The minimum absolute atomic E-state index is 0.627. The van der Waals surface area contributed by atoms with E-state index in [1.165, 1.54) is 5.56 Å². The van der Waals surface area contributed by atoms with Gasteiger partial charge in [-0.05, 0) is 24.6 Å². The van der Waals surface area contributed by atoms with Crippen molar-refractivity contribution in [1.82, 2.24) is 14.8 Å². The van der Waals surface area contributed by atoms with Crippen LogP contribution in [0, 0.1) is 6.92 Å². The molecule has 0 atom stereocenters. The molecule has 3 rings (SSSR count). The van der Waals surface area contributed by atoms with Crippen molar-refractivity contribution in [3.8, 4) is 11.4 Å². The zero-order valence-corrected chi connectivity index (χ0v) is 16.1. The van der Waals surface area contributed by atoms with Crippen molar-refractivity contribution in [3.63, 3.8) is 0 Å². The molecule has 0 saturated carbocycles. The Morgan fingerprint density at radius 2 is 1.76 bits per heavy atom. The first-order chi connectivity index (χ1) is 12.1. The lowest BCUT2D eigenvalue weighted by molar-refractivity contribution is 0.731. The summed E-state index contributed by atoms with van der Waals surface area (Å²) in [6, 6.07) is 13.8. The van der Waals surface area contributed by atoms with Crippen LogP contribution in [0.4, 0.5) is 0 Å². The molecule has 2 aromatic carbocycles. The summed E-state index contributed by atoms with van der Waals surface area (Å²) in [5.74, 6) is 1.45. The molecule has 0 aliphatic heterocycles. The first-order valence-corrected chi connectivity index (χ1v) is 9.51. The molecule has 0 spiro atoms. The number of aryl methyl sites for hydroxylation is 1. The van der Waals surface area contributed by atoms with Crippen molar-refractivity contribution in [1.29, 1.82) is 0 Å². The number of rotatable bonds is 6. The van der Waals surface area contributed by atoms with Gasteiger partial charge < -0.3 is 0 Å². The van der Waals surface area contributed by atoms with Gasteiger partial charge in [-0.2, -0.15) is 0 Å². The van der Waals surface area contributed by atoms with Gasteiger partial charge in [0, 0.05) is 27.9 Å². The lowest BCUT2D eigenvalue weighted by Crippen LogP contribution is -2.01. The van der Waals surface area contributed by atoms with Crippen molar-refractivity contribution >= 4 is 35.0 Å². The van der Waals surface area contributed by atoms with Gasteiger partial charge in [-0.3, -0.25) is 4.57 Å². The third-order valence-corrected chi connectivity index (χ3v) is 5.45. The third-order valence-electron chi connectivity index (χ3n) is 3.75. The highest BCUT2D eigenvalue weighted by Crippen LogP contribution is 2.32. The van der Waals surface area contributed by atoms with Crippen LogP contribution in [0.3, 0.4) is 0 Å². The van der Waals surface area contributed by atoms with E-state index in [1.54, 1.807) is 11.8 Å². The summed E-state index contributed by atoms with van der Waals surface area (Å²) in [5, 5.41) is 10.9. The molecule has 25 heavy (non-hydrogen) atoms. The Kier molecular flexibility index (Phi) is 5.84. The molecule has 3 aromatic rings. The van der Waals surface area contributed by atoms with Crippen LogP contribution in [0.1, 0.15) is 11.1 Å². The summed E-state index contributed by atoms with van der Waals surface area (Å²) < 4.78 is 2.05. The molecule has 0 aliphatic rings. The molecule has 3 nitrogen and oxygen atoms in total. The van der Waals surface area contributed by atoms with E-state index in [0.717, 1.165) is 22.1 Å². The van der Waals surface area contributed by atoms with Gasteiger partial charge in [-0.15, -0.1) is 16.8 Å². The Morgan fingerprint density at radius 1 is 1.08 bits per heavy atom. The lowest BCUT2D eigenvalue weighted by atomic mass is 10.1. The highest BCUT2D eigenvalue weighted by molar-refractivity contribution is 7.98. The average Bonchev–Trinajstić information content (AvgIpc) is 2.98. The van der Waals surface area contributed by atoms with Crippen molar-refractivity contribution in [2.45, 2.75) is 24.4 Å². The smallest absolute Gasteiger partial charge is 0.192 e. The minimum atomic E-state index is 0.627. The predicted molar refractivity (Wildman–Crippen MR) is 106 cm³/mol. The number of halogens is 2. The second kappa shape index (κ2) is 8.09. The highest BCUT2D eigenvalue weighted by Gasteiger charge is 2.15. The fourth-order valence-electron chi connectivity index (χ4n) is 2.41. The van der Waals surface area contributed by atoms with Gasteiger partial charge in [0.25, 0.3) is 0 Å². The Hall–Kier alpha value is -1.75. The molecule has 1 aromatic heterocycles. The Bertz CT molecular complexity index is 868. The molecule has 0 saturated heterocycles. The van der Waals surface area contributed by atoms with Gasteiger partial charge in [0.15, 0.2) is 11.0 Å². The van der Waals surface area contributed by atoms with E-state index < -0.39 is 0 Å². The Balaban J connectivity index is 1.89. The highest BCUT2D eigenvalue weighted by atomic mass is 35.5. The number of hydrogen-bond donors (Lipinski definition) is 0. The molecule has 0 amide bonds. The average molecular weight is 390 g/mol. The summed E-state index contributed by atoms with van der Waals surface area (Å²) >= 11 is 14.1. The monoisotopic (exact) mass is 389 g/mol. The number of hydrogen-bond acceptors (Lipinski definition) is 3. The summed E-state index contributed by atoms with van der Waals surface area (Å²) in [6.07, 6.45) is 1.84. The lowest BCUT2D eigenvalue weighted by Gasteiger charge is -2.09. The summed E-state index contributed by atoms with van der Waals surface area (Å²) in [4.78, 5) is 0. The van der Waals surface area contributed by atoms with Crippen LogP contribution in [0.2, 0.25) is 10.0 Å². The first kappa shape index (κ1) is 18.1. The van der Waals surface area contributed by atoms with E-state index in [-0.39, 0.29) is 0 Å². The SMILES string of the molecule is C=CCn1c(SCc2c(Cl)cccc2Cl)nnc1-c1ccc(C)cc1. The van der Waals surface area contributed by atoms with Crippen LogP contribution in [0.15, 0.2) is 60.3 Å². The molecule has 0 radical (unpaired) electrons. The van der Waals surface area contributed by atoms with Gasteiger partial charge >= 0.3 is 0 Å². The van der Waals surface area contributed by atoms with E-state index in [2.05, 4.69) is 48.0 Å². The van der Waals surface area contributed by atoms with E-state index in [0.29, 0.717) is 22.3 Å². The van der Waals surface area contributed by atoms with Gasteiger partial charge in [-0.1, -0.05) is 76.9 Å². The zero-order chi connectivity index (χ0) is 17.8. The van der Waals surface area contributed by atoms with E-state index >= 15 is 0 Å². The maximum Gasteiger partial charge on any atom is 0.192 e. The Morgan fingerprint density at radius 3 is 2.40 bits per heavy atom. The largest absolute Gasteiger partial charge is 0.298 e. The molecule has 0 unspecified atom stereocenters. The van der Waals surface area contributed by atoms with Crippen molar-refractivity contribution < 1.29 is 0 Å². The van der Waals surface area contributed by atoms with Crippen LogP contribution in [-0.4, -0.2) is 14.8 Å². The molecular formula is C19H17Cl2N3S. The van der Waals surface area contributed by atoms with Crippen molar-refractivity contribution in [2.24, 2.45) is 0 Å². The topological polar surface area (TPSA) is 30.7 Å². The van der Waals surface area contributed by atoms with Crippen molar-refractivity contribution in [3.05, 3.63) is 76.3 Å².